The lowest BCUT2D eigenvalue weighted by Gasteiger charge is -2.07. The summed E-state index contributed by atoms with van der Waals surface area (Å²) in [5.74, 6) is -0.419. The van der Waals surface area contributed by atoms with E-state index in [2.05, 4.69) is 23.3 Å². The largest absolute Gasteiger partial charge is 0.325 e. The molecule has 0 fully saturated rings. The Kier molecular flexibility index (Phi) is 6.14. The van der Waals surface area contributed by atoms with Crippen LogP contribution >= 0.6 is 12.6 Å². The van der Waals surface area contributed by atoms with Crippen molar-refractivity contribution in [2.45, 2.75) is 19.1 Å². The molecular formula is C18H18N2O3S. The highest BCUT2D eigenvalue weighted by Crippen LogP contribution is 2.10. The first-order valence-electron chi connectivity index (χ1n) is 7.38. The summed E-state index contributed by atoms with van der Waals surface area (Å²) in [4.78, 5) is 35.6. The second kappa shape index (κ2) is 8.31. The normalized spacial score (nSPS) is 10.1. The number of Topliss-reactive ketones (excluding diaryl/α,β-unsaturated/α-hetero) is 1. The van der Waals surface area contributed by atoms with E-state index in [4.69, 9.17) is 0 Å². The van der Waals surface area contributed by atoms with E-state index in [-0.39, 0.29) is 12.2 Å². The van der Waals surface area contributed by atoms with Crippen LogP contribution in [0.3, 0.4) is 0 Å². The van der Waals surface area contributed by atoms with Gasteiger partial charge in [-0.1, -0.05) is 42.0 Å². The van der Waals surface area contributed by atoms with Crippen LogP contribution < -0.4 is 10.6 Å². The Morgan fingerprint density at radius 1 is 0.958 bits per heavy atom. The molecule has 24 heavy (non-hydrogen) atoms. The quantitative estimate of drug-likeness (QED) is 0.443. The molecule has 0 aliphatic rings. The summed E-state index contributed by atoms with van der Waals surface area (Å²) in [7, 11) is 0. The number of nitrogens with one attached hydrogen (secondary N) is 2. The SMILES string of the molecule is Cc1ccc(NC(=O)NC(=O)CC(=O)c2ccc(CS)cc2)cc1. The van der Waals surface area contributed by atoms with Gasteiger partial charge >= 0.3 is 6.03 Å². The molecule has 0 heterocycles. The fraction of sp³-hybridized carbons (Fsp3) is 0.167. The molecule has 0 aliphatic heterocycles. The molecule has 0 radical (unpaired) electrons. The van der Waals surface area contributed by atoms with Crippen molar-refractivity contribution in [3.05, 3.63) is 65.2 Å². The lowest BCUT2D eigenvalue weighted by atomic mass is 10.1. The highest BCUT2D eigenvalue weighted by Gasteiger charge is 2.14. The van der Waals surface area contributed by atoms with Gasteiger partial charge in [0.25, 0.3) is 0 Å². The number of amides is 3. The topological polar surface area (TPSA) is 75.3 Å². The summed E-state index contributed by atoms with van der Waals surface area (Å²) >= 11 is 4.14. The molecule has 124 valence electrons. The van der Waals surface area contributed by atoms with E-state index in [0.717, 1.165) is 11.1 Å². The molecule has 0 atom stereocenters. The second-order valence-electron chi connectivity index (χ2n) is 5.32. The zero-order chi connectivity index (χ0) is 17.5. The predicted molar refractivity (Wildman–Crippen MR) is 96.4 cm³/mol. The fourth-order valence-corrected chi connectivity index (χ4v) is 2.22. The number of aryl methyl sites for hydroxylation is 1. The number of ketones is 1. The highest BCUT2D eigenvalue weighted by molar-refractivity contribution is 7.79. The van der Waals surface area contributed by atoms with E-state index in [0.29, 0.717) is 17.0 Å². The number of carbonyl (C=O) groups excluding carboxylic acids is 3. The maximum Gasteiger partial charge on any atom is 0.325 e. The summed E-state index contributed by atoms with van der Waals surface area (Å²) in [5, 5.41) is 4.68. The number of hydrogen-bond donors (Lipinski definition) is 3. The molecular weight excluding hydrogens is 324 g/mol. The first-order valence-corrected chi connectivity index (χ1v) is 8.01. The Labute approximate surface area is 145 Å². The van der Waals surface area contributed by atoms with Gasteiger partial charge in [0.05, 0.1) is 6.42 Å². The Balaban J connectivity index is 1.86. The van der Waals surface area contributed by atoms with Crippen molar-refractivity contribution in [2.75, 3.05) is 5.32 Å². The van der Waals surface area contributed by atoms with Gasteiger partial charge < -0.3 is 5.32 Å². The monoisotopic (exact) mass is 342 g/mol. The van der Waals surface area contributed by atoms with Crippen LogP contribution in [0.1, 0.15) is 27.9 Å². The summed E-state index contributed by atoms with van der Waals surface area (Å²) in [6, 6.07) is 13.3. The molecule has 2 N–H and O–H groups in total. The van der Waals surface area contributed by atoms with E-state index in [9.17, 15) is 14.4 Å². The molecule has 0 aliphatic carbocycles. The second-order valence-corrected chi connectivity index (χ2v) is 5.64. The average molecular weight is 342 g/mol. The van der Waals surface area contributed by atoms with E-state index >= 15 is 0 Å². The van der Waals surface area contributed by atoms with Crippen LogP contribution in [0.5, 0.6) is 0 Å². The molecule has 0 bridgehead atoms. The average Bonchev–Trinajstić information content (AvgIpc) is 2.56. The number of hydrogen-bond acceptors (Lipinski definition) is 4. The van der Waals surface area contributed by atoms with Crippen LogP contribution in [-0.2, 0) is 10.5 Å². The van der Waals surface area contributed by atoms with Crippen molar-refractivity contribution in [1.82, 2.24) is 5.32 Å². The number of urea groups is 1. The van der Waals surface area contributed by atoms with Crippen molar-refractivity contribution in [1.29, 1.82) is 0 Å². The minimum absolute atomic E-state index is 0.346. The van der Waals surface area contributed by atoms with Crippen molar-refractivity contribution >= 4 is 36.0 Å². The molecule has 0 aromatic heterocycles. The smallest absolute Gasteiger partial charge is 0.308 e. The van der Waals surface area contributed by atoms with Gasteiger partial charge in [-0.2, -0.15) is 12.6 Å². The Morgan fingerprint density at radius 2 is 1.58 bits per heavy atom. The minimum atomic E-state index is -0.665. The number of benzene rings is 2. The number of carbonyl (C=O) groups is 3. The maximum absolute atomic E-state index is 12.0. The summed E-state index contributed by atoms with van der Waals surface area (Å²) in [6.07, 6.45) is -0.387. The number of rotatable bonds is 5. The first kappa shape index (κ1) is 17.7. The van der Waals surface area contributed by atoms with Gasteiger partial charge in [0.1, 0.15) is 0 Å². The Morgan fingerprint density at radius 3 is 2.17 bits per heavy atom. The lowest BCUT2D eigenvalue weighted by molar-refractivity contribution is -0.119. The summed E-state index contributed by atoms with van der Waals surface area (Å²) in [5.41, 5.74) is 3.04. The number of anilines is 1. The molecule has 0 saturated carbocycles. The van der Waals surface area contributed by atoms with Crippen molar-refractivity contribution < 1.29 is 14.4 Å². The minimum Gasteiger partial charge on any atom is -0.308 e. The molecule has 2 aromatic carbocycles. The highest BCUT2D eigenvalue weighted by atomic mass is 32.1. The van der Waals surface area contributed by atoms with Gasteiger partial charge in [0.2, 0.25) is 5.91 Å². The standard InChI is InChI=1S/C18H18N2O3S/c1-12-2-8-15(9-3-12)19-18(23)20-17(22)10-16(21)14-6-4-13(11-24)5-7-14/h2-9,24H,10-11H2,1H3,(H2,19,20,22,23). The molecule has 0 spiro atoms. The molecule has 2 aromatic rings. The van der Waals surface area contributed by atoms with Crippen LogP contribution in [0.15, 0.2) is 48.5 Å². The third-order valence-corrected chi connectivity index (χ3v) is 3.71. The van der Waals surface area contributed by atoms with Crippen LogP contribution in [0, 0.1) is 6.92 Å². The third kappa shape index (κ3) is 5.24. The van der Waals surface area contributed by atoms with Crippen LogP contribution in [0.2, 0.25) is 0 Å². The van der Waals surface area contributed by atoms with Gasteiger partial charge in [-0.05, 0) is 24.6 Å². The zero-order valence-corrected chi connectivity index (χ0v) is 14.1. The Hall–Kier alpha value is -2.60. The first-order chi connectivity index (χ1) is 11.5. The third-order valence-electron chi connectivity index (χ3n) is 3.34. The van der Waals surface area contributed by atoms with Gasteiger partial charge in [-0.15, -0.1) is 0 Å². The van der Waals surface area contributed by atoms with E-state index in [1.165, 1.54) is 0 Å². The van der Waals surface area contributed by atoms with Gasteiger partial charge in [-0.25, -0.2) is 4.79 Å². The molecule has 5 nitrogen and oxygen atoms in total. The van der Waals surface area contributed by atoms with E-state index in [1.807, 2.05) is 19.1 Å². The Bertz CT molecular complexity index is 740. The number of imide groups is 1. The van der Waals surface area contributed by atoms with Gasteiger partial charge in [0, 0.05) is 17.0 Å². The van der Waals surface area contributed by atoms with Gasteiger partial charge in [0.15, 0.2) is 5.78 Å². The van der Waals surface area contributed by atoms with E-state index < -0.39 is 11.9 Å². The van der Waals surface area contributed by atoms with Crippen LogP contribution in [-0.4, -0.2) is 17.7 Å². The summed E-state index contributed by atoms with van der Waals surface area (Å²) in [6.45, 7) is 1.93. The summed E-state index contributed by atoms with van der Waals surface area (Å²) < 4.78 is 0. The lowest BCUT2D eigenvalue weighted by Crippen LogP contribution is -2.35. The van der Waals surface area contributed by atoms with E-state index in [1.54, 1.807) is 36.4 Å². The van der Waals surface area contributed by atoms with Crippen molar-refractivity contribution in [3.8, 4) is 0 Å². The predicted octanol–water partition coefficient (Wildman–Crippen LogP) is 3.35. The van der Waals surface area contributed by atoms with Crippen LogP contribution in [0.25, 0.3) is 0 Å². The molecule has 6 heteroatoms. The maximum atomic E-state index is 12.0. The van der Waals surface area contributed by atoms with Crippen LogP contribution in [0.4, 0.5) is 10.5 Å². The zero-order valence-electron chi connectivity index (χ0n) is 13.2. The van der Waals surface area contributed by atoms with Gasteiger partial charge in [-0.3, -0.25) is 14.9 Å². The molecule has 0 unspecified atom stereocenters. The fourth-order valence-electron chi connectivity index (χ4n) is 2.01. The molecule has 0 saturated heterocycles. The van der Waals surface area contributed by atoms with Crippen molar-refractivity contribution in [2.24, 2.45) is 0 Å². The van der Waals surface area contributed by atoms with Crippen molar-refractivity contribution in [3.63, 3.8) is 0 Å². The molecule has 2 rings (SSSR count). The molecule has 3 amide bonds. The number of thiol groups is 1.